The normalized spacial score (nSPS) is 10.9. The van der Waals surface area contributed by atoms with Gasteiger partial charge >= 0.3 is 5.97 Å². The van der Waals surface area contributed by atoms with Gasteiger partial charge in [0.1, 0.15) is 0 Å². The average Bonchev–Trinajstić information content (AvgIpc) is 2.58. The summed E-state index contributed by atoms with van der Waals surface area (Å²) in [6.45, 7) is 2.95. The third-order valence-electron chi connectivity index (χ3n) is 3.47. The minimum atomic E-state index is -0.982. The minimum Gasteiger partial charge on any atom is -0.490 e. The van der Waals surface area contributed by atoms with Gasteiger partial charge in [-0.2, -0.15) is 0 Å². The summed E-state index contributed by atoms with van der Waals surface area (Å²) < 4.78 is 16.2. The van der Waals surface area contributed by atoms with Crippen molar-refractivity contribution in [1.82, 2.24) is 0 Å². The van der Waals surface area contributed by atoms with E-state index in [2.05, 4.69) is 6.92 Å². The zero-order valence-electron chi connectivity index (χ0n) is 14.6. The van der Waals surface area contributed by atoms with Crippen LogP contribution in [0.3, 0.4) is 0 Å². The van der Waals surface area contributed by atoms with E-state index in [1.165, 1.54) is 31.8 Å². The molecule has 0 amide bonds. The summed E-state index contributed by atoms with van der Waals surface area (Å²) in [6.07, 6.45) is 9.79. The molecule has 0 aliphatic carbocycles. The second kappa shape index (κ2) is 12.4. The highest BCUT2D eigenvalue weighted by Crippen LogP contribution is 2.29. The summed E-state index contributed by atoms with van der Waals surface area (Å²) >= 11 is 0. The third-order valence-corrected chi connectivity index (χ3v) is 3.47. The molecule has 0 saturated carbocycles. The van der Waals surface area contributed by atoms with Crippen molar-refractivity contribution >= 4 is 12.0 Å². The largest absolute Gasteiger partial charge is 0.490 e. The quantitative estimate of drug-likeness (QED) is 0.326. The summed E-state index contributed by atoms with van der Waals surface area (Å²) in [7, 11) is 1.56. The van der Waals surface area contributed by atoms with Crippen molar-refractivity contribution in [2.75, 3.05) is 20.5 Å². The van der Waals surface area contributed by atoms with Crippen molar-refractivity contribution in [3.05, 3.63) is 29.8 Å². The summed E-state index contributed by atoms with van der Waals surface area (Å²) in [4.78, 5) is 10.6. The van der Waals surface area contributed by atoms with Crippen molar-refractivity contribution in [1.29, 1.82) is 0 Å². The van der Waals surface area contributed by atoms with Crippen LogP contribution in [0, 0.1) is 0 Å². The van der Waals surface area contributed by atoms with Gasteiger partial charge in [-0.05, 0) is 30.2 Å². The zero-order valence-corrected chi connectivity index (χ0v) is 14.6. The predicted molar refractivity (Wildman–Crippen MR) is 94.5 cm³/mol. The Morgan fingerprint density at radius 1 is 1.08 bits per heavy atom. The topological polar surface area (TPSA) is 65.0 Å². The van der Waals surface area contributed by atoms with E-state index >= 15 is 0 Å². The third kappa shape index (κ3) is 8.58. The van der Waals surface area contributed by atoms with Gasteiger partial charge in [-0.3, -0.25) is 0 Å². The van der Waals surface area contributed by atoms with Crippen LogP contribution in [0.2, 0.25) is 0 Å². The van der Waals surface area contributed by atoms with Crippen LogP contribution >= 0.6 is 0 Å². The number of rotatable bonds is 13. The highest BCUT2D eigenvalue weighted by molar-refractivity contribution is 5.85. The fraction of sp³-hybridized carbons (Fsp3) is 0.526. The lowest BCUT2D eigenvalue weighted by Crippen LogP contribution is -2.03. The molecule has 0 fully saturated rings. The number of hydrogen-bond acceptors (Lipinski definition) is 4. The lowest BCUT2D eigenvalue weighted by Gasteiger charge is -2.13. The number of hydrogen-bond donors (Lipinski definition) is 1. The SMILES string of the molecule is CCCCCCCCOc1cc(C=CC(=O)O)ccc1OCOC. The van der Waals surface area contributed by atoms with E-state index in [0.29, 0.717) is 18.1 Å². The van der Waals surface area contributed by atoms with Crippen LogP contribution in [-0.2, 0) is 9.53 Å². The van der Waals surface area contributed by atoms with Crippen LogP contribution in [0.25, 0.3) is 6.08 Å². The molecule has 24 heavy (non-hydrogen) atoms. The van der Waals surface area contributed by atoms with Gasteiger partial charge in [0, 0.05) is 13.2 Å². The van der Waals surface area contributed by atoms with E-state index in [9.17, 15) is 4.79 Å². The fourth-order valence-corrected chi connectivity index (χ4v) is 2.21. The molecular weight excluding hydrogens is 308 g/mol. The first-order chi connectivity index (χ1) is 11.7. The Morgan fingerprint density at radius 2 is 1.83 bits per heavy atom. The molecule has 0 bridgehead atoms. The van der Waals surface area contributed by atoms with E-state index in [1.54, 1.807) is 25.3 Å². The first-order valence-corrected chi connectivity index (χ1v) is 8.47. The molecule has 0 aliphatic heterocycles. The molecule has 1 aromatic rings. The molecule has 1 aromatic carbocycles. The number of carboxylic acids is 1. The predicted octanol–water partition coefficient (Wildman–Crippen LogP) is 4.51. The molecule has 0 radical (unpaired) electrons. The molecule has 5 heteroatoms. The molecule has 0 aliphatic rings. The molecule has 0 saturated heterocycles. The second-order valence-electron chi connectivity index (χ2n) is 5.54. The molecule has 0 heterocycles. The average molecular weight is 336 g/mol. The summed E-state index contributed by atoms with van der Waals surface area (Å²) in [5.41, 5.74) is 0.750. The van der Waals surface area contributed by atoms with E-state index in [1.807, 2.05) is 0 Å². The number of carbonyl (C=O) groups is 1. The fourth-order valence-electron chi connectivity index (χ4n) is 2.21. The Morgan fingerprint density at radius 3 is 2.54 bits per heavy atom. The Bertz CT molecular complexity index is 510. The van der Waals surface area contributed by atoms with Crippen LogP contribution in [-0.4, -0.2) is 31.6 Å². The standard InChI is InChI=1S/C19H28O5/c1-3-4-5-6-7-8-13-23-18-14-16(10-12-19(20)21)9-11-17(18)24-15-22-2/h9-12,14H,3-8,13,15H2,1-2H3,(H,20,21). The van der Waals surface area contributed by atoms with Gasteiger partial charge in [0.25, 0.3) is 0 Å². The maximum absolute atomic E-state index is 10.6. The second-order valence-corrected chi connectivity index (χ2v) is 5.54. The maximum atomic E-state index is 10.6. The van der Waals surface area contributed by atoms with Crippen molar-refractivity contribution in [2.45, 2.75) is 45.4 Å². The number of aliphatic carboxylic acids is 1. The zero-order chi connectivity index (χ0) is 17.6. The van der Waals surface area contributed by atoms with Crippen LogP contribution in [0.1, 0.15) is 51.0 Å². The van der Waals surface area contributed by atoms with Gasteiger partial charge in [0.15, 0.2) is 18.3 Å². The molecule has 0 spiro atoms. The summed E-state index contributed by atoms with van der Waals surface area (Å²) in [5.74, 6) is 0.215. The van der Waals surface area contributed by atoms with Crippen LogP contribution in [0.5, 0.6) is 11.5 Å². The van der Waals surface area contributed by atoms with E-state index < -0.39 is 5.97 Å². The van der Waals surface area contributed by atoms with Crippen molar-refractivity contribution < 1.29 is 24.1 Å². The van der Waals surface area contributed by atoms with Crippen LogP contribution in [0.15, 0.2) is 24.3 Å². The molecule has 0 unspecified atom stereocenters. The van der Waals surface area contributed by atoms with E-state index in [-0.39, 0.29) is 6.79 Å². The summed E-state index contributed by atoms with van der Waals surface area (Å²) in [5, 5.41) is 8.72. The molecule has 1 N–H and O–H groups in total. The monoisotopic (exact) mass is 336 g/mol. The molecular formula is C19H28O5. The van der Waals surface area contributed by atoms with Gasteiger partial charge in [0.2, 0.25) is 0 Å². The number of carboxylic acid groups (broad SMARTS) is 1. The number of ether oxygens (including phenoxy) is 3. The summed E-state index contributed by atoms with van der Waals surface area (Å²) in [6, 6.07) is 5.32. The Kier molecular flexibility index (Phi) is 10.4. The van der Waals surface area contributed by atoms with Crippen LogP contribution in [0.4, 0.5) is 0 Å². The molecule has 0 aromatic heterocycles. The van der Waals surface area contributed by atoms with E-state index in [0.717, 1.165) is 24.5 Å². The smallest absolute Gasteiger partial charge is 0.328 e. The maximum Gasteiger partial charge on any atom is 0.328 e. The molecule has 134 valence electrons. The van der Waals surface area contributed by atoms with Crippen molar-refractivity contribution in [3.63, 3.8) is 0 Å². The lowest BCUT2D eigenvalue weighted by atomic mass is 10.1. The first kappa shape index (κ1) is 20.0. The van der Waals surface area contributed by atoms with Gasteiger partial charge in [-0.15, -0.1) is 0 Å². The number of methoxy groups -OCH3 is 1. The minimum absolute atomic E-state index is 0.137. The Hall–Kier alpha value is -2.01. The highest BCUT2D eigenvalue weighted by atomic mass is 16.7. The van der Waals surface area contributed by atoms with Gasteiger partial charge < -0.3 is 19.3 Å². The number of benzene rings is 1. The highest BCUT2D eigenvalue weighted by Gasteiger charge is 2.06. The molecule has 5 nitrogen and oxygen atoms in total. The number of unbranched alkanes of at least 4 members (excludes halogenated alkanes) is 5. The van der Waals surface area contributed by atoms with Crippen LogP contribution < -0.4 is 9.47 Å². The van der Waals surface area contributed by atoms with Gasteiger partial charge in [-0.1, -0.05) is 45.1 Å². The first-order valence-electron chi connectivity index (χ1n) is 8.47. The Labute approximate surface area is 144 Å². The molecule has 0 atom stereocenters. The van der Waals surface area contributed by atoms with E-state index in [4.69, 9.17) is 19.3 Å². The van der Waals surface area contributed by atoms with Crippen molar-refractivity contribution in [3.8, 4) is 11.5 Å². The van der Waals surface area contributed by atoms with Gasteiger partial charge in [0.05, 0.1) is 6.61 Å². The Balaban J connectivity index is 2.58. The molecule has 1 rings (SSSR count). The van der Waals surface area contributed by atoms with Gasteiger partial charge in [-0.25, -0.2) is 4.79 Å². The van der Waals surface area contributed by atoms with Crippen molar-refractivity contribution in [2.24, 2.45) is 0 Å². The lowest BCUT2D eigenvalue weighted by molar-refractivity contribution is -0.131.